The quantitative estimate of drug-likeness (QED) is 0.388. The number of hydrogen-bond donors (Lipinski definition) is 1. The van der Waals surface area contributed by atoms with Gasteiger partial charge < -0.3 is 9.59 Å². The van der Waals surface area contributed by atoms with E-state index in [2.05, 4.69) is 51.5 Å². The van der Waals surface area contributed by atoms with Crippen molar-refractivity contribution in [3.63, 3.8) is 0 Å². The maximum atomic E-state index is 12.6. The molecule has 2 aromatic carbocycles. The fourth-order valence-corrected chi connectivity index (χ4v) is 1.92. The molecule has 0 bridgehead atoms. The van der Waals surface area contributed by atoms with E-state index in [-0.39, 0.29) is 0 Å². The molecule has 0 atom stereocenters. The summed E-state index contributed by atoms with van der Waals surface area (Å²) in [5.41, 5.74) is -0.457. The van der Waals surface area contributed by atoms with Crippen molar-refractivity contribution < 1.29 is 36.3 Å². The van der Waals surface area contributed by atoms with Gasteiger partial charge in [-0.3, -0.25) is 0 Å². The van der Waals surface area contributed by atoms with Crippen molar-refractivity contribution in [3.05, 3.63) is 70.5 Å². The van der Waals surface area contributed by atoms with Crippen LogP contribution in [-0.2, 0) is 6.54 Å². The number of aromatic carboxylic acids is 1. The van der Waals surface area contributed by atoms with Crippen LogP contribution in [0.1, 0.15) is 15.9 Å². The van der Waals surface area contributed by atoms with Crippen molar-refractivity contribution in [1.29, 1.82) is 0 Å². The Morgan fingerprint density at radius 3 is 1.60 bits per heavy atom. The van der Waals surface area contributed by atoms with Crippen molar-refractivity contribution in [1.82, 2.24) is 0 Å². The first kappa shape index (κ1) is 20.6. The molecule has 3 nitrogen and oxygen atoms in total. The molecule has 2 rings (SSSR count). The van der Waals surface area contributed by atoms with Gasteiger partial charge in [-0.2, -0.15) is 0 Å². The summed E-state index contributed by atoms with van der Waals surface area (Å²) < 4.78 is 63.1. The molecular weight excluding hydrogens is 345 g/mol. The topological polar surface area (TPSA) is 37.3 Å². The zero-order valence-electron chi connectivity index (χ0n) is 13.8. The average molecular weight is 362 g/mol. The summed E-state index contributed by atoms with van der Waals surface area (Å²) in [6.07, 6.45) is 0. The van der Waals surface area contributed by atoms with E-state index in [1.54, 1.807) is 0 Å². The van der Waals surface area contributed by atoms with E-state index in [0.29, 0.717) is 0 Å². The summed E-state index contributed by atoms with van der Waals surface area (Å²) in [4.78, 5) is 10.1. The Labute approximate surface area is 141 Å². The third kappa shape index (κ3) is 5.53. The van der Waals surface area contributed by atoms with Crippen LogP contribution in [0.4, 0.5) is 22.0 Å². The van der Waals surface area contributed by atoms with Crippen LogP contribution in [0.15, 0.2) is 30.3 Å². The predicted octanol–water partition coefficient (Wildman–Crippen LogP) is 3.97. The van der Waals surface area contributed by atoms with Crippen LogP contribution in [0.5, 0.6) is 0 Å². The molecule has 8 heteroatoms. The number of halogens is 5. The summed E-state index contributed by atoms with van der Waals surface area (Å²) in [7, 11) is 6.60. The minimum Gasteiger partial charge on any atom is -0.477 e. The van der Waals surface area contributed by atoms with Crippen molar-refractivity contribution in [3.8, 4) is 0 Å². The van der Waals surface area contributed by atoms with E-state index < -0.39 is 40.6 Å². The molecule has 0 aliphatic carbocycles. The Bertz CT molecular complexity index is 729. The van der Waals surface area contributed by atoms with Crippen LogP contribution in [0.25, 0.3) is 0 Å². The third-order valence-electron chi connectivity index (χ3n) is 2.92. The molecule has 0 saturated heterocycles. The number of carbonyl (C=O) groups is 1. The smallest absolute Gasteiger partial charge is 0.341 e. The molecule has 0 aliphatic rings. The molecule has 2 aromatic rings. The van der Waals surface area contributed by atoms with E-state index in [9.17, 15) is 26.7 Å². The van der Waals surface area contributed by atoms with Gasteiger partial charge in [0.05, 0.1) is 21.1 Å². The van der Waals surface area contributed by atoms with E-state index in [1.807, 2.05) is 0 Å². The lowest BCUT2D eigenvalue weighted by atomic mass is 10.1. The first-order valence-corrected chi connectivity index (χ1v) is 7.04. The minimum absolute atomic E-state index is 0.990. The molecule has 0 aromatic heterocycles. The van der Waals surface area contributed by atoms with Gasteiger partial charge >= 0.3 is 5.97 Å². The number of hydrogen-bond acceptors (Lipinski definition) is 1. The van der Waals surface area contributed by atoms with Gasteiger partial charge in [0, 0.05) is 5.56 Å². The summed E-state index contributed by atoms with van der Waals surface area (Å²) >= 11 is 0. The largest absolute Gasteiger partial charge is 0.477 e. The Morgan fingerprint density at radius 1 is 0.840 bits per heavy atom. The molecule has 136 valence electrons. The Kier molecular flexibility index (Phi) is 6.63. The van der Waals surface area contributed by atoms with Gasteiger partial charge in [0.1, 0.15) is 12.1 Å². The van der Waals surface area contributed by atoms with E-state index in [4.69, 9.17) is 5.11 Å². The monoisotopic (exact) mass is 362 g/mol. The number of carboxylic acid groups (broad SMARTS) is 1. The fraction of sp³-hybridized carbons (Fsp3) is 0.235. The third-order valence-corrected chi connectivity index (χ3v) is 2.92. The Hall–Kier alpha value is -2.48. The number of nitrogens with zero attached hydrogens (tertiary/aromatic N) is 1. The molecule has 25 heavy (non-hydrogen) atoms. The predicted molar refractivity (Wildman–Crippen MR) is 81.4 cm³/mol. The van der Waals surface area contributed by atoms with E-state index >= 15 is 0 Å². The fourth-order valence-electron chi connectivity index (χ4n) is 1.92. The lowest BCUT2D eigenvalue weighted by molar-refractivity contribution is -0.884. The highest BCUT2D eigenvalue weighted by Crippen LogP contribution is 2.22. The molecule has 0 amide bonds. The van der Waals surface area contributed by atoms with Gasteiger partial charge in [0.15, 0.2) is 23.3 Å². The first-order valence-electron chi connectivity index (χ1n) is 7.04. The highest BCUT2D eigenvalue weighted by Gasteiger charge is 2.29. The number of benzene rings is 2. The SMILES string of the molecule is C[N+](C)(C)Cc1ccccc1.O=C(O)c1c(F)c(F)c(F)c(F)c1F. The second-order valence-electron chi connectivity index (χ2n) is 6.18. The molecule has 0 spiro atoms. The molecule has 0 radical (unpaired) electrons. The zero-order valence-corrected chi connectivity index (χ0v) is 13.8. The Balaban J connectivity index is 0.000000257. The number of rotatable bonds is 3. The summed E-state index contributed by atoms with van der Waals surface area (Å²) in [6.45, 7) is 1.10. The summed E-state index contributed by atoms with van der Waals surface area (Å²) in [5.74, 6) is -13.9. The first-order chi connectivity index (χ1) is 11.5. The van der Waals surface area contributed by atoms with Crippen molar-refractivity contribution in [2.45, 2.75) is 6.54 Å². The highest BCUT2D eigenvalue weighted by atomic mass is 19.2. The summed E-state index contributed by atoms with van der Waals surface area (Å²) in [6, 6.07) is 10.6. The lowest BCUT2D eigenvalue weighted by Crippen LogP contribution is -2.33. The molecular formula is C17H17F5NO2+. The molecule has 0 saturated carbocycles. The van der Waals surface area contributed by atoms with Gasteiger partial charge in [0.25, 0.3) is 0 Å². The van der Waals surface area contributed by atoms with Crippen molar-refractivity contribution >= 4 is 5.97 Å². The molecule has 1 N–H and O–H groups in total. The van der Waals surface area contributed by atoms with Gasteiger partial charge in [-0.15, -0.1) is 0 Å². The van der Waals surface area contributed by atoms with E-state index in [0.717, 1.165) is 11.0 Å². The van der Waals surface area contributed by atoms with Crippen LogP contribution in [0, 0.1) is 29.1 Å². The van der Waals surface area contributed by atoms with Crippen LogP contribution in [-0.4, -0.2) is 36.7 Å². The Morgan fingerprint density at radius 2 is 1.24 bits per heavy atom. The van der Waals surface area contributed by atoms with Gasteiger partial charge in [0.2, 0.25) is 5.82 Å². The van der Waals surface area contributed by atoms with Crippen LogP contribution < -0.4 is 0 Å². The second kappa shape index (κ2) is 8.06. The number of carboxylic acids is 1. The second-order valence-corrected chi connectivity index (χ2v) is 6.18. The van der Waals surface area contributed by atoms with Crippen LogP contribution in [0.3, 0.4) is 0 Å². The van der Waals surface area contributed by atoms with Crippen molar-refractivity contribution in [2.24, 2.45) is 0 Å². The van der Waals surface area contributed by atoms with Crippen LogP contribution in [0.2, 0.25) is 0 Å². The molecule has 0 heterocycles. The standard InChI is InChI=1S/C10H16N.C7HF5O2/c1-11(2,3)9-10-7-5-4-6-8-10;8-2-1(7(13)14)3(9)5(11)6(12)4(2)10/h4-8H,9H2,1-3H3;(H,13,14)/q+1;. The minimum atomic E-state index is -2.38. The van der Waals surface area contributed by atoms with E-state index in [1.165, 1.54) is 5.56 Å². The maximum Gasteiger partial charge on any atom is 0.341 e. The average Bonchev–Trinajstić information content (AvgIpc) is 2.51. The highest BCUT2D eigenvalue weighted by molar-refractivity contribution is 5.88. The lowest BCUT2D eigenvalue weighted by Gasteiger charge is -2.23. The van der Waals surface area contributed by atoms with Gasteiger partial charge in [-0.25, -0.2) is 26.7 Å². The van der Waals surface area contributed by atoms with Crippen LogP contribution >= 0.6 is 0 Å². The number of quaternary nitrogens is 1. The molecule has 0 aliphatic heterocycles. The molecule has 0 fully saturated rings. The normalized spacial score (nSPS) is 10.9. The maximum absolute atomic E-state index is 12.6. The van der Waals surface area contributed by atoms with Gasteiger partial charge in [-0.1, -0.05) is 30.3 Å². The zero-order chi connectivity index (χ0) is 19.4. The molecule has 0 unspecified atom stereocenters. The van der Waals surface area contributed by atoms with Gasteiger partial charge in [-0.05, 0) is 0 Å². The summed E-state index contributed by atoms with van der Waals surface area (Å²) in [5, 5.41) is 8.15. The van der Waals surface area contributed by atoms with Crippen molar-refractivity contribution in [2.75, 3.05) is 21.1 Å².